The van der Waals surface area contributed by atoms with Crippen molar-refractivity contribution in [2.24, 2.45) is 11.7 Å². The summed E-state index contributed by atoms with van der Waals surface area (Å²) in [7, 11) is 0. The monoisotopic (exact) mass is 492 g/mol. The van der Waals surface area contributed by atoms with Crippen molar-refractivity contribution in [3.8, 4) is 0 Å². The van der Waals surface area contributed by atoms with E-state index in [1.165, 1.54) is 11.3 Å². The van der Waals surface area contributed by atoms with Crippen LogP contribution in [0.1, 0.15) is 47.5 Å². The fourth-order valence-electron chi connectivity index (χ4n) is 4.48. The molecule has 1 saturated heterocycles. The number of aromatic nitrogens is 1. The molecule has 2 aromatic carbocycles. The van der Waals surface area contributed by atoms with Crippen LogP contribution < -0.4 is 11.1 Å². The molecule has 2 amide bonds. The van der Waals surface area contributed by atoms with E-state index in [9.17, 15) is 14.4 Å². The van der Waals surface area contributed by atoms with E-state index in [1.807, 2.05) is 54.6 Å². The number of para-hydroxylation sites is 1. The van der Waals surface area contributed by atoms with Crippen LogP contribution in [0.5, 0.6) is 0 Å². The first kappa shape index (κ1) is 25.0. The van der Waals surface area contributed by atoms with Crippen molar-refractivity contribution in [3.05, 3.63) is 65.2 Å². The third kappa shape index (κ3) is 6.52. The number of carbonyl (C=O) groups excluding carboxylic acids is 3. The van der Waals surface area contributed by atoms with Crippen molar-refractivity contribution in [3.63, 3.8) is 0 Å². The van der Waals surface area contributed by atoms with Gasteiger partial charge < -0.3 is 16.0 Å². The number of amides is 2. The number of likely N-dealkylation sites (tertiary alicyclic amines) is 1. The molecule has 0 bridgehead atoms. The van der Waals surface area contributed by atoms with E-state index < -0.39 is 6.04 Å². The molecule has 7 nitrogen and oxygen atoms in total. The lowest BCUT2D eigenvalue weighted by Crippen LogP contribution is -2.49. The smallest absolute Gasteiger partial charge is 0.225 e. The number of fused-ring (bicyclic) bond motifs is 1. The summed E-state index contributed by atoms with van der Waals surface area (Å²) < 4.78 is 0.941. The van der Waals surface area contributed by atoms with E-state index >= 15 is 0 Å². The van der Waals surface area contributed by atoms with Gasteiger partial charge in [0.15, 0.2) is 5.01 Å². The third-order valence-corrected chi connectivity index (χ3v) is 7.50. The average Bonchev–Trinajstić information content (AvgIpc) is 3.34. The maximum Gasteiger partial charge on any atom is 0.225 e. The molecule has 4 rings (SSSR count). The molecule has 184 valence electrons. The summed E-state index contributed by atoms with van der Waals surface area (Å²) in [5.41, 5.74) is 7.60. The summed E-state index contributed by atoms with van der Waals surface area (Å²) in [6.45, 7) is 1.49. The highest BCUT2D eigenvalue weighted by Crippen LogP contribution is 2.24. The Bertz CT molecular complexity index is 1130. The summed E-state index contributed by atoms with van der Waals surface area (Å²) in [5.74, 6) is -0.619. The van der Waals surface area contributed by atoms with Gasteiger partial charge in [-0.05, 0) is 56.3 Å². The number of nitrogens with one attached hydrogen (secondary N) is 1. The number of aryl methyl sites for hydroxylation is 1. The molecule has 1 aliphatic heterocycles. The van der Waals surface area contributed by atoms with E-state index in [1.54, 1.807) is 4.90 Å². The molecule has 3 N–H and O–H groups in total. The second-order valence-electron chi connectivity index (χ2n) is 9.01. The van der Waals surface area contributed by atoms with Gasteiger partial charge in [0.1, 0.15) is 0 Å². The molecule has 0 radical (unpaired) electrons. The Morgan fingerprint density at radius 2 is 1.89 bits per heavy atom. The zero-order valence-electron chi connectivity index (χ0n) is 19.8. The fourth-order valence-corrected chi connectivity index (χ4v) is 5.44. The van der Waals surface area contributed by atoms with Crippen molar-refractivity contribution >= 4 is 39.2 Å². The van der Waals surface area contributed by atoms with Gasteiger partial charge in [-0.3, -0.25) is 14.4 Å². The number of thiazole rings is 1. The van der Waals surface area contributed by atoms with Gasteiger partial charge in [0, 0.05) is 19.5 Å². The van der Waals surface area contributed by atoms with Crippen LogP contribution in [0.3, 0.4) is 0 Å². The number of nitrogens with zero attached hydrogens (tertiary/aromatic N) is 2. The summed E-state index contributed by atoms with van der Waals surface area (Å²) >= 11 is 1.34. The number of hydrogen-bond acceptors (Lipinski definition) is 6. The van der Waals surface area contributed by atoms with E-state index in [0.29, 0.717) is 56.7 Å². The first-order valence-corrected chi connectivity index (χ1v) is 13.1. The van der Waals surface area contributed by atoms with Crippen LogP contribution in [0.4, 0.5) is 0 Å². The molecular formula is C27H32N4O3S. The Balaban J connectivity index is 1.37. The first-order valence-electron chi connectivity index (χ1n) is 12.3. The second kappa shape index (κ2) is 12.0. The SMILES string of the molecule is NCCC[C@H](NC(=O)[C@@H]1CCCN(C(=O)CCc2ccccc2)C1)C(=O)c1nc2ccccc2s1. The van der Waals surface area contributed by atoms with Crippen LogP contribution in [-0.4, -0.2) is 53.2 Å². The van der Waals surface area contributed by atoms with Gasteiger partial charge in [-0.15, -0.1) is 11.3 Å². The Morgan fingerprint density at radius 3 is 2.66 bits per heavy atom. The van der Waals surface area contributed by atoms with Crippen LogP contribution in [0.25, 0.3) is 10.2 Å². The van der Waals surface area contributed by atoms with Crippen LogP contribution >= 0.6 is 11.3 Å². The second-order valence-corrected chi connectivity index (χ2v) is 10.0. The molecule has 8 heteroatoms. The molecule has 2 atom stereocenters. The number of rotatable bonds is 10. The van der Waals surface area contributed by atoms with Gasteiger partial charge in [-0.1, -0.05) is 42.5 Å². The fraction of sp³-hybridized carbons (Fsp3) is 0.407. The lowest BCUT2D eigenvalue weighted by molar-refractivity contribution is -0.135. The Morgan fingerprint density at radius 1 is 1.11 bits per heavy atom. The van der Waals surface area contributed by atoms with Crippen molar-refractivity contribution in [2.45, 2.75) is 44.6 Å². The van der Waals surface area contributed by atoms with Crippen LogP contribution in [0.2, 0.25) is 0 Å². The minimum absolute atomic E-state index is 0.0663. The molecule has 35 heavy (non-hydrogen) atoms. The van der Waals surface area contributed by atoms with Gasteiger partial charge in [0.05, 0.1) is 22.2 Å². The maximum atomic E-state index is 13.3. The largest absolute Gasteiger partial charge is 0.346 e. The lowest BCUT2D eigenvalue weighted by Gasteiger charge is -2.33. The predicted molar refractivity (Wildman–Crippen MR) is 138 cm³/mol. The first-order chi connectivity index (χ1) is 17.0. The minimum atomic E-state index is -0.671. The zero-order valence-corrected chi connectivity index (χ0v) is 20.6. The molecule has 0 saturated carbocycles. The topological polar surface area (TPSA) is 105 Å². The van der Waals surface area contributed by atoms with Gasteiger partial charge in [0.2, 0.25) is 17.6 Å². The Hall–Kier alpha value is -3.10. The molecule has 1 aromatic heterocycles. The number of benzene rings is 2. The molecule has 2 heterocycles. The number of carbonyl (C=O) groups is 3. The maximum absolute atomic E-state index is 13.3. The van der Waals surface area contributed by atoms with Gasteiger partial charge in [-0.2, -0.15) is 0 Å². The number of Topliss-reactive ketones (excluding diaryl/α,β-unsaturated/α-hetero) is 1. The standard InChI is InChI=1S/C27H32N4O3S/c28-16-6-12-22(25(33)27-30-21-11-4-5-13-23(21)35-27)29-26(34)20-10-7-17-31(18-20)24(32)15-14-19-8-2-1-3-9-19/h1-5,8-9,11,13,20,22H,6-7,10,12,14-18,28H2,(H,29,34)/t20-,22+/m1/s1. The van der Waals surface area contributed by atoms with Crippen molar-refractivity contribution < 1.29 is 14.4 Å². The Kier molecular flexibility index (Phi) is 8.60. The van der Waals surface area contributed by atoms with E-state index in [2.05, 4.69) is 10.3 Å². The molecule has 3 aromatic rings. The molecule has 0 aliphatic carbocycles. The molecule has 1 aliphatic rings. The third-order valence-electron chi connectivity index (χ3n) is 6.45. The highest BCUT2D eigenvalue weighted by Gasteiger charge is 2.31. The predicted octanol–water partition coefficient (Wildman–Crippen LogP) is 3.57. The van der Waals surface area contributed by atoms with E-state index in [0.717, 1.165) is 22.2 Å². The van der Waals surface area contributed by atoms with Gasteiger partial charge in [-0.25, -0.2) is 4.98 Å². The highest BCUT2D eigenvalue weighted by atomic mass is 32.1. The van der Waals surface area contributed by atoms with Gasteiger partial charge in [0.25, 0.3) is 0 Å². The summed E-state index contributed by atoms with van der Waals surface area (Å²) in [4.78, 5) is 45.5. The minimum Gasteiger partial charge on any atom is -0.346 e. The summed E-state index contributed by atoms with van der Waals surface area (Å²) in [6, 6.07) is 16.9. The lowest BCUT2D eigenvalue weighted by atomic mass is 9.95. The molecule has 0 spiro atoms. The summed E-state index contributed by atoms with van der Waals surface area (Å²) in [6.07, 6.45) is 3.67. The van der Waals surface area contributed by atoms with Crippen molar-refractivity contribution in [2.75, 3.05) is 19.6 Å². The normalized spacial score (nSPS) is 16.7. The number of ketones is 1. The molecule has 0 unspecified atom stereocenters. The highest BCUT2D eigenvalue weighted by molar-refractivity contribution is 7.20. The van der Waals surface area contributed by atoms with Gasteiger partial charge >= 0.3 is 0 Å². The van der Waals surface area contributed by atoms with Crippen molar-refractivity contribution in [1.82, 2.24) is 15.2 Å². The number of nitrogens with two attached hydrogens (primary N) is 1. The van der Waals surface area contributed by atoms with Crippen LogP contribution in [-0.2, 0) is 16.0 Å². The molecule has 1 fully saturated rings. The quantitative estimate of drug-likeness (QED) is 0.421. The van der Waals surface area contributed by atoms with Crippen LogP contribution in [0, 0.1) is 5.92 Å². The Labute approximate surface area is 209 Å². The zero-order chi connectivity index (χ0) is 24.6. The van der Waals surface area contributed by atoms with E-state index in [-0.39, 0.29) is 23.5 Å². The number of hydrogen-bond donors (Lipinski definition) is 2. The molecular weight excluding hydrogens is 460 g/mol. The number of piperidine rings is 1. The average molecular weight is 493 g/mol. The van der Waals surface area contributed by atoms with E-state index in [4.69, 9.17) is 5.73 Å². The van der Waals surface area contributed by atoms with Crippen LogP contribution in [0.15, 0.2) is 54.6 Å². The van der Waals surface area contributed by atoms with Crippen molar-refractivity contribution in [1.29, 1.82) is 0 Å². The summed E-state index contributed by atoms with van der Waals surface area (Å²) in [5, 5.41) is 3.36.